The van der Waals surface area contributed by atoms with Gasteiger partial charge in [0.05, 0.1) is 5.69 Å². The molecule has 100 valence electrons. The summed E-state index contributed by atoms with van der Waals surface area (Å²) >= 11 is 0. The van der Waals surface area contributed by atoms with Crippen LogP contribution >= 0.6 is 0 Å². The molecule has 0 amide bonds. The molecular weight excluding hydrogens is 222 g/mol. The Kier molecular flexibility index (Phi) is 5.35. The van der Waals surface area contributed by atoms with Crippen LogP contribution in [-0.2, 0) is 6.54 Å². The van der Waals surface area contributed by atoms with Crippen molar-refractivity contribution in [3.05, 3.63) is 36.5 Å². The van der Waals surface area contributed by atoms with E-state index < -0.39 is 0 Å². The topological polar surface area (TPSA) is 28.2 Å². The third-order valence-corrected chi connectivity index (χ3v) is 2.65. The molecule has 3 nitrogen and oxygen atoms in total. The van der Waals surface area contributed by atoms with Gasteiger partial charge in [-0.25, -0.2) is 4.98 Å². The number of pyridine rings is 1. The van der Waals surface area contributed by atoms with E-state index in [9.17, 15) is 0 Å². The molecule has 0 aliphatic rings. The molecule has 1 aromatic heterocycles. The first-order valence-corrected chi connectivity index (χ1v) is 6.53. The fourth-order valence-electron chi connectivity index (χ4n) is 1.64. The van der Waals surface area contributed by atoms with Crippen molar-refractivity contribution >= 4 is 5.82 Å². The Morgan fingerprint density at radius 2 is 2.11 bits per heavy atom. The van der Waals surface area contributed by atoms with Crippen LogP contribution in [0.15, 0.2) is 30.9 Å². The lowest BCUT2D eigenvalue weighted by atomic mass is 10.1. The number of aromatic nitrogens is 1. The number of anilines is 1. The third kappa shape index (κ3) is 4.88. The molecule has 0 spiro atoms. The quantitative estimate of drug-likeness (QED) is 0.783. The summed E-state index contributed by atoms with van der Waals surface area (Å²) in [5.74, 6) is 1.02. The summed E-state index contributed by atoms with van der Waals surface area (Å²) in [7, 11) is 0. The zero-order valence-electron chi connectivity index (χ0n) is 12.0. The highest BCUT2D eigenvalue weighted by atomic mass is 15.2. The second-order valence-electron chi connectivity index (χ2n) is 5.42. The lowest BCUT2D eigenvalue weighted by Crippen LogP contribution is -2.35. The lowest BCUT2D eigenvalue weighted by molar-refractivity contribution is 0.421. The second kappa shape index (κ2) is 6.55. The van der Waals surface area contributed by atoms with Crippen LogP contribution in [0.25, 0.3) is 0 Å². The van der Waals surface area contributed by atoms with E-state index in [4.69, 9.17) is 0 Å². The summed E-state index contributed by atoms with van der Waals surface area (Å²) in [6, 6.07) is 6.17. The molecule has 0 saturated carbocycles. The van der Waals surface area contributed by atoms with Gasteiger partial charge in [0.2, 0.25) is 0 Å². The van der Waals surface area contributed by atoms with Gasteiger partial charge in [0, 0.05) is 25.2 Å². The maximum atomic E-state index is 4.68. The monoisotopic (exact) mass is 247 g/mol. The lowest BCUT2D eigenvalue weighted by Gasteiger charge is -2.22. The van der Waals surface area contributed by atoms with Crippen LogP contribution in [0.4, 0.5) is 5.82 Å². The van der Waals surface area contributed by atoms with Gasteiger partial charge in [0.25, 0.3) is 0 Å². The van der Waals surface area contributed by atoms with Gasteiger partial charge in [-0.1, -0.05) is 12.1 Å². The normalized spacial score (nSPS) is 11.3. The first kappa shape index (κ1) is 14.7. The molecule has 0 aliphatic heterocycles. The number of nitrogens with zero attached hydrogens (tertiary/aromatic N) is 2. The first-order valence-electron chi connectivity index (χ1n) is 6.53. The van der Waals surface area contributed by atoms with Gasteiger partial charge in [-0.15, -0.1) is 6.58 Å². The van der Waals surface area contributed by atoms with Crippen LogP contribution in [0, 0.1) is 0 Å². The average molecular weight is 247 g/mol. The van der Waals surface area contributed by atoms with E-state index in [1.165, 1.54) is 0 Å². The van der Waals surface area contributed by atoms with E-state index in [-0.39, 0.29) is 5.54 Å². The summed E-state index contributed by atoms with van der Waals surface area (Å²) < 4.78 is 0. The van der Waals surface area contributed by atoms with E-state index in [1.54, 1.807) is 0 Å². The maximum Gasteiger partial charge on any atom is 0.129 e. The highest BCUT2D eigenvalue weighted by Crippen LogP contribution is 2.12. The van der Waals surface area contributed by atoms with E-state index in [2.05, 4.69) is 61.6 Å². The number of hydrogen-bond acceptors (Lipinski definition) is 3. The Morgan fingerprint density at radius 3 is 2.67 bits per heavy atom. The Balaban J connectivity index is 2.75. The predicted molar refractivity (Wildman–Crippen MR) is 78.9 cm³/mol. The van der Waals surface area contributed by atoms with Gasteiger partial charge in [-0.3, -0.25) is 0 Å². The SMILES string of the molecule is C=CCN(CC)c1cccc(CNC(C)(C)C)n1. The Bertz CT molecular complexity index is 380. The highest BCUT2D eigenvalue weighted by Gasteiger charge is 2.10. The standard InChI is InChI=1S/C15H25N3/c1-6-11-18(7-2)14-10-8-9-13(17-14)12-16-15(3,4)5/h6,8-10,16H,1,7,11-12H2,2-5H3. The molecule has 3 heteroatoms. The van der Waals surface area contributed by atoms with Gasteiger partial charge in [-0.2, -0.15) is 0 Å². The fourth-order valence-corrected chi connectivity index (χ4v) is 1.64. The van der Waals surface area contributed by atoms with Crippen molar-refractivity contribution in [1.29, 1.82) is 0 Å². The number of rotatable bonds is 6. The molecule has 1 heterocycles. The van der Waals surface area contributed by atoms with Crippen molar-refractivity contribution in [1.82, 2.24) is 10.3 Å². The second-order valence-corrected chi connectivity index (χ2v) is 5.42. The zero-order chi connectivity index (χ0) is 13.6. The van der Waals surface area contributed by atoms with Crippen LogP contribution < -0.4 is 10.2 Å². The number of likely N-dealkylation sites (N-methyl/N-ethyl adjacent to an activating group) is 1. The van der Waals surface area contributed by atoms with E-state index in [1.807, 2.05) is 12.1 Å². The summed E-state index contributed by atoms with van der Waals surface area (Å²) in [5, 5.41) is 3.45. The molecule has 1 N–H and O–H groups in total. The summed E-state index contributed by atoms with van der Waals surface area (Å²) in [4.78, 5) is 6.88. The van der Waals surface area contributed by atoms with Crippen LogP contribution in [0.5, 0.6) is 0 Å². The van der Waals surface area contributed by atoms with Crippen molar-refractivity contribution < 1.29 is 0 Å². The van der Waals surface area contributed by atoms with Gasteiger partial charge in [0.1, 0.15) is 5.82 Å². The molecule has 1 rings (SSSR count). The van der Waals surface area contributed by atoms with Crippen LogP contribution in [0.3, 0.4) is 0 Å². The molecule has 18 heavy (non-hydrogen) atoms. The smallest absolute Gasteiger partial charge is 0.129 e. The number of nitrogens with one attached hydrogen (secondary N) is 1. The van der Waals surface area contributed by atoms with Crippen molar-refractivity contribution in [2.75, 3.05) is 18.0 Å². The van der Waals surface area contributed by atoms with E-state index in [0.29, 0.717) is 0 Å². The van der Waals surface area contributed by atoms with Crippen LogP contribution in [0.1, 0.15) is 33.4 Å². The van der Waals surface area contributed by atoms with E-state index >= 15 is 0 Å². The van der Waals surface area contributed by atoms with Gasteiger partial charge in [-0.05, 0) is 39.8 Å². The molecule has 0 fully saturated rings. The molecule has 0 unspecified atom stereocenters. The Labute approximate surface area is 111 Å². The Hall–Kier alpha value is -1.35. The summed E-state index contributed by atoms with van der Waals surface area (Å²) in [5.41, 5.74) is 1.19. The van der Waals surface area contributed by atoms with Gasteiger partial charge >= 0.3 is 0 Å². The number of hydrogen-bond donors (Lipinski definition) is 1. The van der Waals surface area contributed by atoms with Gasteiger partial charge < -0.3 is 10.2 Å². The molecule has 0 radical (unpaired) electrons. The largest absolute Gasteiger partial charge is 0.353 e. The first-order chi connectivity index (χ1) is 8.46. The molecule has 0 saturated heterocycles. The molecule has 0 bridgehead atoms. The maximum absolute atomic E-state index is 4.68. The molecule has 0 aromatic carbocycles. The minimum atomic E-state index is 0.114. The minimum Gasteiger partial charge on any atom is -0.353 e. The van der Waals surface area contributed by atoms with Gasteiger partial charge in [0.15, 0.2) is 0 Å². The van der Waals surface area contributed by atoms with Crippen LogP contribution in [0.2, 0.25) is 0 Å². The average Bonchev–Trinajstić information content (AvgIpc) is 2.33. The predicted octanol–water partition coefficient (Wildman–Crippen LogP) is 2.98. The Morgan fingerprint density at radius 1 is 1.39 bits per heavy atom. The highest BCUT2D eigenvalue weighted by molar-refractivity contribution is 5.39. The molecule has 1 aromatic rings. The van der Waals surface area contributed by atoms with Crippen molar-refractivity contribution in [2.45, 2.75) is 39.8 Å². The molecular formula is C15H25N3. The van der Waals surface area contributed by atoms with Crippen molar-refractivity contribution in [3.63, 3.8) is 0 Å². The van der Waals surface area contributed by atoms with E-state index in [0.717, 1.165) is 31.1 Å². The minimum absolute atomic E-state index is 0.114. The molecule has 0 aliphatic carbocycles. The van der Waals surface area contributed by atoms with Crippen molar-refractivity contribution in [2.24, 2.45) is 0 Å². The van der Waals surface area contributed by atoms with Crippen LogP contribution in [-0.4, -0.2) is 23.6 Å². The molecule has 0 atom stereocenters. The third-order valence-electron chi connectivity index (χ3n) is 2.65. The zero-order valence-corrected chi connectivity index (χ0v) is 12.0. The fraction of sp³-hybridized carbons (Fsp3) is 0.533. The summed E-state index contributed by atoms with van der Waals surface area (Å²) in [6.07, 6.45) is 1.91. The van der Waals surface area contributed by atoms with Crippen molar-refractivity contribution in [3.8, 4) is 0 Å². The summed E-state index contributed by atoms with van der Waals surface area (Å²) in [6.45, 7) is 15.0.